The van der Waals surface area contributed by atoms with E-state index in [1.807, 2.05) is 0 Å². The van der Waals surface area contributed by atoms with Gasteiger partial charge in [0.1, 0.15) is 0 Å². The maximum atomic E-state index is 5.54. The number of nitrogens with one attached hydrogen (secondary N) is 2. The SMILES string of the molecule is CCc1ccc(CNCC2CCCO2)[nH]1. The van der Waals surface area contributed by atoms with Crippen LogP contribution in [0.2, 0.25) is 0 Å². The van der Waals surface area contributed by atoms with Crippen LogP contribution in [0.25, 0.3) is 0 Å². The van der Waals surface area contributed by atoms with E-state index in [1.54, 1.807) is 0 Å². The summed E-state index contributed by atoms with van der Waals surface area (Å²) in [6.07, 6.45) is 3.93. The van der Waals surface area contributed by atoms with Crippen LogP contribution in [-0.2, 0) is 17.7 Å². The monoisotopic (exact) mass is 208 g/mol. The summed E-state index contributed by atoms with van der Waals surface area (Å²) < 4.78 is 5.54. The van der Waals surface area contributed by atoms with Crippen molar-refractivity contribution in [1.82, 2.24) is 10.3 Å². The summed E-state index contributed by atoms with van der Waals surface area (Å²) in [7, 11) is 0. The van der Waals surface area contributed by atoms with Crippen LogP contribution in [0.4, 0.5) is 0 Å². The molecule has 15 heavy (non-hydrogen) atoms. The van der Waals surface area contributed by atoms with E-state index >= 15 is 0 Å². The fraction of sp³-hybridized carbons (Fsp3) is 0.667. The Morgan fingerprint density at radius 2 is 2.33 bits per heavy atom. The van der Waals surface area contributed by atoms with Crippen molar-refractivity contribution in [3.8, 4) is 0 Å². The van der Waals surface area contributed by atoms with Crippen molar-refractivity contribution in [2.75, 3.05) is 13.2 Å². The van der Waals surface area contributed by atoms with Gasteiger partial charge in [0.2, 0.25) is 0 Å². The van der Waals surface area contributed by atoms with Crippen molar-refractivity contribution < 1.29 is 4.74 Å². The smallest absolute Gasteiger partial charge is 0.0700 e. The number of hydrogen-bond donors (Lipinski definition) is 2. The average molecular weight is 208 g/mol. The van der Waals surface area contributed by atoms with E-state index in [4.69, 9.17) is 4.74 Å². The molecule has 1 saturated heterocycles. The van der Waals surface area contributed by atoms with Gasteiger partial charge in [-0.1, -0.05) is 6.92 Å². The molecule has 1 aromatic heterocycles. The molecular weight excluding hydrogens is 188 g/mol. The molecule has 1 aliphatic rings. The van der Waals surface area contributed by atoms with Crippen LogP contribution in [0.3, 0.4) is 0 Å². The van der Waals surface area contributed by atoms with Crippen LogP contribution in [0.1, 0.15) is 31.2 Å². The van der Waals surface area contributed by atoms with Crippen molar-refractivity contribution in [2.45, 2.75) is 38.8 Å². The molecule has 0 spiro atoms. The highest BCUT2D eigenvalue weighted by molar-refractivity contribution is 5.12. The zero-order chi connectivity index (χ0) is 10.5. The second-order valence-electron chi connectivity index (χ2n) is 4.13. The summed E-state index contributed by atoms with van der Waals surface area (Å²) in [6.45, 7) is 4.99. The summed E-state index contributed by atoms with van der Waals surface area (Å²) in [6, 6.07) is 4.31. The molecule has 3 nitrogen and oxygen atoms in total. The minimum absolute atomic E-state index is 0.436. The van der Waals surface area contributed by atoms with Crippen LogP contribution in [0, 0.1) is 0 Å². The molecule has 3 heteroatoms. The van der Waals surface area contributed by atoms with E-state index in [1.165, 1.54) is 24.2 Å². The molecule has 0 bridgehead atoms. The molecule has 2 rings (SSSR count). The molecule has 0 radical (unpaired) electrons. The Kier molecular flexibility index (Phi) is 3.80. The van der Waals surface area contributed by atoms with Crippen LogP contribution in [0.5, 0.6) is 0 Å². The zero-order valence-corrected chi connectivity index (χ0v) is 9.38. The molecule has 0 amide bonds. The van der Waals surface area contributed by atoms with E-state index in [0.29, 0.717) is 6.10 Å². The first-order chi connectivity index (χ1) is 7.38. The van der Waals surface area contributed by atoms with E-state index in [-0.39, 0.29) is 0 Å². The predicted molar refractivity (Wildman–Crippen MR) is 60.9 cm³/mol. The first kappa shape index (κ1) is 10.7. The van der Waals surface area contributed by atoms with Crippen LogP contribution in [-0.4, -0.2) is 24.2 Å². The van der Waals surface area contributed by atoms with Gasteiger partial charge in [-0.15, -0.1) is 0 Å². The zero-order valence-electron chi connectivity index (χ0n) is 9.38. The van der Waals surface area contributed by atoms with Gasteiger partial charge in [-0.05, 0) is 31.4 Å². The second-order valence-corrected chi connectivity index (χ2v) is 4.13. The average Bonchev–Trinajstić information content (AvgIpc) is 2.88. The molecule has 1 atom stereocenters. The third kappa shape index (κ3) is 3.08. The Labute approximate surface area is 91.2 Å². The van der Waals surface area contributed by atoms with Crippen LogP contribution < -0.4 is 5.32 Å². The normalized spacial score (nSPS) is 21.0. The van der Waals surface area contributed by atoms with Crippen molar-refractivity contribution in [3.63, 3.8) is 0 Å². The lowest BCUT2D eigenvalue weighted by Crippen LogP contribution is -2.25. The Bertz CT molecular complexity index is 290. The molecule has 1 aliphatic heterocycles. The third-order valence-electron chi connectivity index (χ3n) is 2.90. The van der Waals surface area contributed by atoms with Crippen molar-refractivity contribution >= 4 is 0 Å². The number of rotatable bonds is 5. The fourth-order valence-electron chi connectivity index (χ4n) is 1.97. The molecule has 1 unspecified atom stereocenters. The number of aromatic amines is 1. The van der Waals surface area contributed by atoms with E-state index in [9.17, 15) is 0 Å². The summed E-state index contributed by atoms with van der Waals surface area (Å²) in [5.41, 5.74) is 2.58. The van der Waals surface area contributed by atoms with Gasteiger partial charge in [-0.3, -0.25) is 0 Å². The van der Waals surface area contributed by atoms with E-state index in [0.717, 1.165) is 26.1 Å². The van der Waals surface area contributed by atoms with Crippen molar-refractivity contribution in [1.29, 1.82) is 0 Å². The Morgan fingerprint density at radius 1 is 1.47 bits per heavy atom. The maximum absolute atomic E-state index is 5.54. The van der Waals surface area contributed by atoms with Crippen molar-refractivity contribution in [2.24, 2.45) is 0 Å². The lowest BCUT2D eigenvalue weighted by atomic mass is 10.2. The Morgan fingerprint density at radius 3 is 3.00 bits per heavy atom. The van der Waals surface area contributed by atoms with Gasteiger partial charge in [-0.2, -0.15) is 0 Å². The van der Waals surface area contributed by atoms with E-state index in [2.05, 4.69) is 29.4 Å². The van der Waals surface area contributed by atoms with Gasteiger partial charge in [-0.25, -0.2) is 0 Å². The number of aryl methyl sites for hydroxylation is 1. The third-order valence-corrected chi connectivity index (χ3v) is 2.90. The standard InChI is InChI=1S/C12H20N2O/c1-2-10-5-6-11(14-10)8-13-9-12-4-3-7-15-12/h5-6,12-14H,2-4,7-9H2,1H3. The summed E-state index contributed by atoms with van der Waals surface area (Å²) in [5.74, 6) is 0. The summed E-state index contributed by atoms with van der Waals surface area (Å²) in [5, 5.41) is 3.42. The maximum Gasteiger partial charge on any atom is 0.0700 e. The second kappa shape index (κ2) is 5.33. The molecule has 1 fully saturated rings. The van der Waals surface area contributed by atoms with Gasteiger partial charge >= 0.3 is 0 Å². The number of aromatic nitrogens is 1. The van der Waals surface area contributed by atoms with Gasteiger partial charge in [0.15, 0.2) is 0 Å². The lowest BCUT2D eigenvalue weighted by molar-refractivity contribution is 0.110. The predicted octanol–water partition coefficient (Wildman–Crippen LogP) is 1.85. The van der Waals surface area contributed by atoms with Gasteiger partial charge in [0, 0.05) is 31.1 Å². The fourth-order valence-corrected chi connectivity index (χ4v) is 1.97. The van der Waals surface area contributed by atoms with E-state index < -0.39 is 0 Å². The first-order valence-electron chi connectivity index (χ1n) is 5.87. The number of ether oxygens (including phenoxy) is 1. The molecule has 0 saturated carbocycles. The summed E-state index contributed by atoms with van der Waals surface area (Å²) in [4.78, 5) is 3.38. The quantitative estimate of drug-likeness (QED) is 0.775. The molecule has 2 N–H and O–H groups in total. The van der Waals surface area contributed by atoms with Crippen LogP contribution >= 0.6 is 0 Å². The highest BCUT2D eigenvalue weighted by atomic mass is 16.5. The van der Waals surface area contributed by atoms with Crippen LogP contribution in [0.15, 0.2) is 12.1 Å². The highest BCUT2D eigenvalue weighted by Crippen LogP contribution is 2.10. The highest BCUT2D eigenvalue weighted by Gasteiger charge is 2.14. The Hall–Kier alpha value is -0.800. The van der Waals surface area contributed by atoms with Gasteiger partial charge in [0.25, 0.3) is 0 Å². The topological polar surface area (TPSA) is 37.0 Å². The van der Waals surface area contributed by atoms with Gasteiger partial charge in [0.05, 0.1) is 6.10 Å². The lowest BCUT2D eigenvalue weighted by Gasteiger charge is -2.09. The molecule has 2 heterocycles. The molecule has 1 aromatic rings. The minimum atomic E-state index is 0.436. The molecule has 0 aromatic carbocycles. The number of H-pyrrole nitrogens is 1. The Balaban J connectivity index is 1.68. The minimum Gasteiger partial charge on any atom is -0.377 e. The summed E-state index contributed by atoms with van der Waals surface area (Å²) >= 11 is 0. The van der Waals surface area contributed by atoms with Crippen molar-refractivity contribution in [3.05, 3.63) is 23.5 Å². The molecule has 84 valence electrons. The van der Waals surface area contributed by atoms with Gasteiger partial charge < -0.3 is 15.0 Å². The molecule has 0 aliphatic carbocycles. The first-order valence-corrected chi connectivity index (χ1v) is 5.87. The molecular formula is C12H20N2O. The largest absolute Gasteiger partial charge is 0.377 e. The number of hydrogen-bond acceptors (Lipinski definition) is 2.